The molecule has 1 heterocycles. The van der Waals surface area contributed by atoms with Gasteiger partial charge >= 0.3 is 0 Å². The third-order valence-electron chi connectivity index (χ3n) is 3.16. The van der Waals surface area contributed by atoms with E-state index in [0.717, 1.165) is 16.0 Å². The zero-order chi connectivity index (χ0) is 15.0. The molecule has 0 saturated heterocycles. The van der Waals surface area contributed by atoms with E-state index in [4.69, 9.17) is 5.73 Å². The van der Waals surface area contributed by atoms with Crippen LogP contribution in [-0.2, 0) is 10.0 Å². The van der Waals surface area contributed by atoms with E-state index in [1.54, 1.807) is 36.4 Å². The number of hydrogen-bond acceptors (Lipinski definition) is 6. The van der Waals surface area contributed by atoms with E-state index < -0.39 is 10.0 Å². The van der Waals surface area contributed by atoms with Crippen molar-refractivity contribution in [2.24, 2.45) is 0 Å². The van der Waals surface area contributed by atoms with E-state index in [9.17, 15) is 8.42 Å². The van der Waals surface area contributed by atoms with Crippen molar-refractivity contribution >= 4 is 44.2 Å². The highest BCUT2D eigenvalue weighted by Gasteiger charge is 2.26. The molecule has 0 aliphatic carbocycles. The van der Waals surface area contributed by atoms with Gasteiger partial charge in [-0.2, -0.15) is 8.75 Å². The van der Waals surface area contributed by atoms with Gasteiger partial charge in [-0.25, -0.2) is 8.42 Å². The average molecular weight is 320 g/mol. The summed E-state index contributed by atoms with van der Waals surface area (Å²) in [5.74, 6) is 0. The van der Waals surface area contributed by atoms with E-state index in [2.05, 4.69) is 8.75 Å². The van der Waals surface area contributed by atoms with Gasteiger partial charge in [0.25, 0.3) is 10.0 Å². The maximum atomic E-state index is 12.8. The van der Waals surface area contributed by atoms with Crippen molar-refractivity contribution in [1.82, 2.24) is 8.75 Å². The zero-order valence-electron chi connectivity index (χ0n) is 11.1. The Morgan fingerprint density at radius 3 is 2.62 bits per heavy atom. The molecule has 1 aromatic heterocycles. The Morgan fingerprint density at radius 2 is 1.86 bits per heavy atom. The highest BCUT2D eigenvalue weighted by molar-refractivity contribution is 7.93. The number of para-hydroxylation sites is 2. The lowest BCUT2D eigenvalue weighted by Crippen LogP contribution is -2.27. The van der Waals surface area contributed by atoms with Gasteiger partial charge in [-0.1, -0.05) is 18.2 Å². The molecule has 0 radical (unpaired) electrons. The molecule has 0 spiro atoms. The highest BCUT2D eigenvalue weighted by atomic mass is 32.2. The molecule has 0 unspecified atom stereocenters. The standard InChI is InChI=1S/C13H12N4O2S2/c1-17(11-7-3-2-5-9(11)14)21(18,19)12-8-4-6-10-13(12)16-20-15-10/h2-8H,14H2,1H3. The molecule has 108 valence electrons. The van der Waals surface area contributed by atoms with Crippen molar-refractivity contribution in [2.45, 2.75) is 4.90 Å². The molecule has 0 atom stereocenters. The number of fused-ring (bicyclic) bond motifs is 1. The summed E-state index contributed by atoms with van der Waals surface area (Å²) in [5.41, 5.74) is 7.62. The number of sulfonamides is 1. The molecule has 0 saturated carbocycles. The van der Waals surface area contributed by atoms with Crippen LogP contribution in [0.25, 0.3) is 11.0 Å². The Kier molecular flexibility index (Phi) is 3.26. The van der Waals surface area contributed by atoms with E-state index in [1.165, 1.54) is 13.1 Å². The molecule has 2 N–H and O–H groups in total. The van der Waals surface area contributed by atoms with E-state index in [-0.39, 0.29) is 4.90 Å². The average Bonchev–Trinajstić information content (AvgIpc) is 2.95. The molecule has 0 bridgehead atoms. The van der Waals surface area contributed by atoms with Crippen LogP contribution in [0.5, 0.6) is 0 Å². The summed E-state index contributed by atoms with van der Waals surface area (Å²) in [6.07, 6.45) is 0. The van der Waals surface area contributed by atoms with Crippen molar-refractivity contribution < 1.29 is 8.42 Å². The minimum atomic E-state index is -3.75. The van der Waals surface area contributed by atoms with Crippen LogP contribution in [0.2, 0.25) is 0 Å². The van der Waals surface area contributed by atoms with Crippen LogP contribution in [0, 0.1) is 0 Å². The predicted octanol–water partition coefficient (Wildman–Crippen LogP) is 2.10. The van der Waals surface area contributed by atoms with Gasteiger partial charge in [-0.3, -0.25) is 4.31 Å². The number of hydrogen-bond donors (Lipinski definition) is 1. The van der Waals surface area contributed by atoms with Crippen LogP contribution in [0.4, 0.5) is 11.4 Å². The van der Waals surface area contributed by atoms with Crippen LogP contribution in [0.1, 0.15) is 0 Å². The fourth-order valence-corrected chi connectivity index (χ4v) is 4.01. The lowest BCUT2D eigenvalue weighted by molar-refractivity contribution is 0.595. The molecule has 0 aliphatic rings. The first-order valence-electron chi connectivity index (χ1n) is 6.06. The molecule has 0 aliphatic heterocycles. The zero-order valence-corrected chi connectivity index (χ0v) is 12.7. The predicted molar refractivity (Wildman–Crippen MR) is 83.9 cm³/mol. The minimum Gasteiger partial charge on any atom is -0.397 e. The first-order valence-corrected chi connectivity index (χ1v) is 8.23. The summed E-state index contributed by atoms with van der Waals surface area (Å²) in [6.45, 7) is 0. The summed E-state index contributed by atoms with van der Waals surface area (Å²) in [6, 6.07) is 11.7. The second-order valence-corrected chi connectivity index (χ2v) is 6.89. The topological polar surface area (TPSA) is 89.2 Å². The smallest absolute Gasteiger partial charge is 0.266 e. The summed E-state index contributed by atoms with van der Waals surface area (Å²) in [4.78, 5) is 0.125. The maximum Gasteiger partial charge on any atom is 0.266 e. The maximum absolute atomic E-state index is 12.8. The van der Waals surface area contributed by atoms with Crippen LogP contribution < -0.4 is 10.0 Å². The van der Waals surface area contributed by atoms with Crippen molar-refractivity contribution in [3.8, 4) is 0 Å². The second kappa shape index (κ2) is 4.97. The summed E-state index contributed by atoms with van der Waals surface area (Å²) in [7, 11) is -2.28. The number of benzene rings is 2. The van der Waals surface area contributed by atoms with Gasteiger partial charge in [-0.05, 0) is 24.3 Å². The number of nitrogens with zero attached hydrogens (tertiary/aromatic N) is 3. The first kappa shape index (κ1) is 13.8. The van der Waals surface area contributed by atoms with Crippen molar-refractivity contribution in [3.05, 3.63) is 42.5 Å². The summed E-state index contributed by atoms with van der Waals surface area (Å²) < 4.78 is 34.9. The first-order chi connectivity index (χ1) is 10.0. The SMILES string of the molecule is CN(c1ccccc1N)S(=O)(=O)c1cccc2nsnc12. The molecular formula is C13H12N4O2S2. The van der Waals surface area contributed by atoms with Crippen molar-refractivity contribution in [2.75, 3.05) is 17.1 Å². The lowest BCUT2D eigenvalue weighted by atomic mass is 10.3. The van der Waals surface area contributed by atoms with Crippen LogP contribution in [-0.4, -0.2) is 24.2 Å². The van der Waals surface area contributed by atoms with E-state index in [1.807, 2.05) is 0 Å². The molecular weight excluding hydrogens is 308 g/mol. The molecule has 21 heavy (non-hydrogen) atoms. The molecule has 2 aromatic carbocycles. The number of nitrogen functional groups attached to an aromatic ring is 1. The number of anilines is 2. The largest absolute Gasteiger partial charge is 0.397 e. The Morgan fingerprint density at radius 1 is 1.10 bits per heavy atom. The fraction of sp³-hybridized carbons (Fsp3) is 0.0769. The Balaban J connectivity index is 2.17. The van der Waals surface area contributed by atoms with Gasteiger partial charge in [-0.15, -0.1) is 0 Å². The Hall–Kier alpha value is -2.19. The van der Waals surface area contributed by atoms with Gasteiger partial charge in [0, 0.05) is 7.05 Å². The van der Waals surface area contributed by atoms with E-state index >= 15 is 0 Å². The van der Waals surface area contributed by atoms with Crippen LogP contribution >= 0.6 is 11.7 Å². The quantitative estimate of drug-likeness (QED) is 0.746. The lowest BCUT2D eigenvalue weighted by Gasteiger charge is -2.21. The number of aromatic nitrogens is 2. The van der Waals surface area contributed by atoms with Gasteiger partial charge < -0.3 is 5.73 Å². The van der Waals surface area contributed by atoms with Crippen molar-refractivity contribution in [1.29, 1.82) is 0 Å². The normalized spacial score (nSPS) is 11.7. The molecule has 6 nitrogen and oxygen atoms in total. The highest BCUT2D eigenvalue weighted by Crippen LogP contribution is 2.29. The van der Waals surface area contributed by atoms with Gasteiger partial charge in [0.2, 0.25) is 0 Å². The summed E-state index contributed by atoms with van der Waals surface area (Å²) >= 11 is 0.986. The van der Waals surface area contributed by atoms with Crippen molar-refractivity contribution in [3.63, 3.8) is 0 Å². The monoisotopic (exact) mass is 320 g/mol. The molecule has 3 aromatic rings. The van der Waals surface area contributed by atoms with Gasteiger partial charge in [0.1, 0.15) is 15.9 Å². The molecule has 0 amide bonds. The third-order valence-corrected chi connectivity index (χ3v) is 5.51. The van der Waals surface area contributed by atoms with Crippen LogP contribution in [0.3, 0.4) is 0 Å². The Labute approximate surface area is 126 Å². The van der Waals surface area contributed by atoms with Gasteiger partial charge in [0.15, 0.2) is 0 Å². The number of nitrogens with two attached hydrogens (primary N) is 1. The van der Waals surface area contributed by atoms with Crippen LogP contribution in [0.15, 0.2) is 47.4 Å². The second-order valence-electron chi connectivity index (χ2n) is 4.42. The minimum absolute atomic E-state index is 0.125. The summed E-state index contributed by atoms with van der Waals surface area (Å²) in [5, 5.41) is 0. The molecule has 0 fully saturated rings. The third kappa shape index (κ3) is 2.22. The molecule has 3 rings (SSSR count). The fourth-order valence-electron chi connectivity index (χ4n) is 2.04. The number of rotatable bonds is 3. The van der Waals surface area contributed by atoms with Gasteiger partial charge in [0.05, 0.1) is 23.1 Å². The molecule has 8 heteroatoms. The van der Waals surface area contributed by atoms with E-state index in [0.29, 0.717) is 22.4 Å². The Bertz CT molecular complexity index is 905.